The molecule has 0 spiro atoms. The van der Waals surface area contributed by atoms with Crippen LogP contribution in [-0.4, -0.2) is 25.1 Å². The molecule has 27 heavy (non-hydrogen) atoms. The first-order valence-corrected chi connectivity index (χ1v) is 8.72. The Labute approximate surface area is 161 Å². The maximum absolute atomic E-state index is 12.0. The predicted octanol–water partition coefficient (Wildman–Crippen LogP) is 4.36. The highest BCUT2D eigenvalue weighted by atomic mass is 35.5. The molecule has 0 bridgehead atoms. The van der Waals surface area contributed by atoms with Crippen molar-refractivity contribution in [2.24, 2.45) is 0 Å². The standard InChI is InChI=1S/C21H18ClNO4/c1-14-6-9-18(22)19(10-14)26-13-21(25)27-12-20(24)23-17-8-7-15-4-2-3-5-16(15)11-17/h2-11H,12-13H2,1H3,(H,23,24). The van der Waals surface area contributed by atoms with E-state index in [1.54, 1.807) is 18.2 Å². The third-order valence-corrected chi connectivity index (χ3v) is 4.14. The van der Waals surface area contributed by atoms with Gasteiger partial charge in [0.05, 0.1) is 5.02 Å². The highest BCUT2D eigenvalue weighted by molar-refractivity contribution is 6.32. The Morgan fingerprint density at radius 2 is 1.74 bits per heavy atom. The summed E-state index contributed by atoms with van der Waals surface area (Å²) in [7, 11) is 0. The van der Waals surface area contributed by atoms with E-state index in [1.807, 2.05) is 49.4 Å². The lowest BCUT2D eigenvalue weighted by atomic mass is 10.1. The van der Waals surface area contributed by atoms with Crippen molar-refractivity contribution < 1.29 is 19.1 Å². The summed E-state index contributed by atoms with van der Waals surface area (Å²) in [5, 5.41) is 5.19. The fraction of sp³-hybridized carbons (Fsp3) is 0.143. The molecule has 1 N–H and O–H groups in total. The number of aryl methyl sites for hydroxylation is 1. The zero-order valence-corrected chi connectivity index (χ0v) is 15.5. The van der Waals surface area contributed by atoms with Crippen molar-refractivity contribution in [1.82, 2.24) is 0 Å². The van der Waals surface area contributed by atoms with E-state index in [0.29, 0.717) is 16.5 Å². The molecule has 138 valence electrons. The SMILES string of the molecule is Cc1ccc(Cl)c(OCC(=O)OCC(=O)Nc2ccc3ccccc3c2)c1. The van der Waals surface area contributed by atoms with E-state index < -0.39 is 18.5 Å². The molecular weight excluding hydrogens is 366 g/mol. The predicted molar refractivity (Wildman–Crippen MR) is 105 cm³/mol. The van der Waals surface area contributed by atoms with Gasteiger partial charge in [-0.25, -0.2) is 4.79 Å². The molecule has 0 heterocycles. The van der Waals surface area contributed by atoms with E-state index >= 15 is 0 Å². The molecule has 0 saturated heterocycles. The van der Waals surface area contributed by atoms with Crippen LogP contribution in [-0.2, 0) is 14.3 Å². The number of carbonyl (C=O) groups is 2. The number of fused-ring (bicyclic) bond motifs is 1. The second kappa shape index (κ2) is 8.56. The average Bonchev–Trinajstić information content (AvgIpc) is 2.67. The third kappa shape index (κ3) is 5.21. The van der Waals surface area contributed by atoms with Gasteiger partial charge in [-0.05, 0) is 47.5 Å². The number of nitrogens with one attached hydrogen (secondary N) is 1. The molecule has 0 atom stereocenters. The van der Waals surface area contributed by atoms with E-state index in [2.05, 4.69) is 5.32 Å². The number of rotatable bonds is 6. The van der Waals surface area contributed by atoms with Gasteiger partial charge in [0.2, 0.25) is 0 Å². The van der Waals surface area contributed by atoms with Gasteiger partial charge < -0.3 is 14.8 Å². The van der Waals surface area contributed by atoms with Crippen LogP contribution in [0.5, 0.6) is 5.75 Å². The summed E-state index contributed by atoms with van der Waals surface area (Å²) in [5.41, 5.74) is 1.59. The van der Waals surface area contributed by atoms with E-state index in [4.69, 9.17) is 21.1 Å². The first kappa shape index (κ1) is 18.7. The molecule has 0 radical (unpaired) electrons. The fourth-order valence-corrected chi connectivity index (χ4v) is 2.68. The second-order valence-corrected chi connectivity index (χ2v) is 6.40. The van der Waals surface area contributed by atoms with Crippen molar-refractivity contribution in [2.45, 2.75) is 6.92 Å². The molecule has 3 aromatic carbocycles. The van der Waals surface area contributed by atoms with E-state index in [9.17, 15) is 9.59 Å². The van der Waals surface area contributed by atoms with Gasteiger partial charge >= 0.3 is 5.97 Å². The van der Waals surface area contributed by atoms with Crippen LogP contribution in [0.2, 0.25) is 5.02 Å². The fourth-order valence-electron chi connectivity index (χ4n) is 2.51. The Morgan fingerprint density at radius 1 is 0.963 bits per heavy atom. The summed E-state index contributed by atoms with van der Waals surface area (Å²) in [6.07, 6.45) is 0. The van der Waals surface area contributed by atoms with Crippen LogP contribution in [0.25, 0.3) is 10.8 Å². The quantitative estimate of drug-likeness (QED) is 0.642. The number of halogens is 1. The highest BCUT2D eigenvalue weighted by Crippen LogP contribution is 2.25. The Kier molecular flexibility index (Phi) is 5.94. The van der Waals surface area contributed by atoms with Gasteiger partial charge in [-0.3, -0.25) is 4.79 Å². The summed E-state index contributed by atoms with van der Waals surface area (Å²) in [4.78, 5) is 23.7. The maximum Gasteiger partial charge on any atom is 0.344 e. The highest BCUT2D eigenvalue weighted by Gasteiger charge is 2.10. The smallest absolute Gasteiger partial charge is 0.344 e. The van der Waals surface area contributed by atoms with Gasteiger partial charge in [0.15, 0.2) is 13.2 Å². The summed E-state index contributed by atoms with van der Waals surface area (Å²) < 4.78 is 10.3. The zero-order valence-electron chi connectivity index (χ0n) is 14.7. The van der Waals surface area contributed by atoms with Crippen LogP contribution >= 0.6 is 11.6 Å². The lowest BCUT2D eigenvalue weighted by Gasteiger charge is -2.10. The molecule has 1 amide bonds. The molecule has 5 nitrogen and oxygen atoms in total. The van der Waals surface area contributed by atoms with Crippen LogP contribution in [0.15, 0.2) is 60.7 Å². The number of hydrogen-bond acceptors (Lipinski definition) is 4. The number of amides is 1. The number of hydrogen-bond donors (Lipinski definition) is 1. The lowest BCUT2D eigenvalue weighted by Crippen LogP contribution is -2.23. The summed E-state index contributed by atoms with van der Waals surface area (Å²) >= 11 is 6.00. The molecule has 3 aromatic rings. The minimum Gasteiger partial charge on any atom is -0.480 e. The lowest BCUT2D eigenvalue weighted by molar-refractivity contribution is -0.149. The van der Waals surface area contributed by atoms with Crippen LogP contribution in [0.3, 0.4) is 0 Å². The Hall–Kier alpha value is -3.05. The van der Waals surface area contributed by atoms with Crippen LogP contribution < -0.4 is 10.1 Å². The van der Waals surface area contributed by atoms with E-state index in [0.717, 1.165) is 16.3 Å². The van der Waals surface area contributed by atoms with Gasteiger partial charge in [0, 0.05) is 5.69 Å². The summed E-state index contributed by atoms with van der Waals surface area (Å²) in [5.74, 6) is -0.678. The zero-order chi connectivity index (χ0) is 19.2. The molecule has 0 saturated carbocycles. The van der Waals surface area contributed by atoms with Crippen molar-refractivity contribution in [3.05, 3.63) is 71.2 Å². The number of anilines is 1. The molecule has 0 aliphatic rings. The van der Waals surface area contributed by atoms with Crippen LogP contribution in [0, 0.1) is 6.92 Å². The first-order chi connectivity index (χ1) is 13.0. The van der Waals surface area contributed by atoms with Gasteiger partial charge in [0.25, 0.3) is 5.91 Å². The van der Waals surface area contributed by atoms with Crippen molar-refractivity contribution in [3.8, 4) is 5.75 Å². The maximum atomic E-state index is 12.0. The Balaban J connectivity index is 1.47. The molecule has 0 aliphatic carbocycles. The topological polar surface area (TPSA) is 64.6 Å². The molecular formula is C21H18ClNO4. The monoisotopic (exact) mass is 383 g/mol. The third-order valence-electron chi connectivity index (χ3n) is 3.83. The van der Waals surface area contributed by atoms with Crippen LogP contribution in [0.4, 0.5) is 5.69 Å². The van der Waals surface area contributed by atoms with E-state index in [-0.39, 0.29) is 6.61 Å². The average molecular weight is 384 g/mol. The molecule has 0 aliphatic heterocycles. The summed E-state index contributed by atoms with van der Waals surface area (Å²) in [6, 6.07) is 18.6. The van der Waals surface area contributed by atoms with Crippen molar-refractivity contribution in [2.75, 3.05) is 18.5 Å². The second-order valence-electron chi connectivity index (χ2n) is 5.99. The van der Waals surface area contributed by atoms with Gasteiger partial charge in [-0.15, -0.1) is 0 Å². The van der Waals surface area contributed by atoms with E-state index in [1.165, 1.54) is 0 Å². The van der Waals surface area contributed by atoms with Gasteiger partial charge in [-0.2, -0.15) is 0 Å². The minimum absolute atomic E-state index is 0.327. The molecule has 6 heteroatoms. The van der Waals surface area contributed by atoms with Gasteiger partial charge in [-0.1, -0.05) is 48.0 Å². The number of carbonyl (C=O) groups excluding carboxylic acids is 2. The molecule has 0 aromatic heterocycles. The Bertz CT molecular complexity index is 987. The molecule has 0 fully saturated rings. The first-order valence-electron chi connectivity index (χ1n) is 8.34. The number of esters is 1. The number of ether oxygens (including phenoxy) is 2. The number of benzene rings is 3. The summed E-state index contributed by atoms with van der Waals surface area (Å²) in [6.45, 7) is 1.17. The minimum atomic E-state index is -0.652. The Morgan fingerprint density at radius 3 is 2.56 bits per heavy atom. The molecule has 0 unspecified atom stereocenters. The van der Waals surface area contributed by atoms with Gasteiger partial charge in [0.1, 0.15) is 5.75 Å². The normalized spacial score (nSPS) is 10.4. The van der Waals surface area contributed by atoms with Crippen molar-refractivity contribution in [1.29, 1.82) is 0 Å². The molecule has 3 rings (SSSR count). The van der Waals surface area contributed by atoms with Crippen LogP contribution in [0.1, 0.15) is 5.56 Å². The largest absolute Gasteiger partial charge is 0.480 e. The van der Waals surface area contributed by atoms with Crippen molar-refractivity contribution in [3.63, 3.8) is 0 Å². The van der Waals surface area contributed by atoms with Crippen molar-refractivity contribution >= 4 is 39.9 Å².